The lowest BCUT2D eigenvalue weighted by molar-refractivity contribution is 0.481. The summed E-state index contributed by atoms with van der Waals surface area (Å²) in [5.41, 5.74) is 0.929. The largest absolute Gasteiger partial charge is 0.351 e. The summed E-state index contributed by atoms with van der Waals surface area (Å²) in [5, 5.41) is 8.78. The molecule has 0 spiro atoms. The van der Waals surface area contributed by atoms with Gasteiger partial charge in [-0.15, -0.1) is 10.2 Å². The van der Waals surface area contributed by atoms with E-state index in [1.54, 1.807) is 0 Å². The minimum absolute atomic E-state index is 0.550. The average molecular weight is 257 g/mol. The first kappa shape index (κ1) is 11.2. The monoisotopic (exact) mass is 257 g/mol. The molecule has 1 aliphatic carbocycles. The van der Waals surface area contributed by atoms with Crippen LogP contribution in [0.1, 0.15) is 50.8 Å². The molecule has 0 radical (unpaired) electrons. The van der Waals surface area contributed by atoms with Crippen molar-refractivity contribution < 1.29 is 0 Å². The van der Waals surface area contributed by atoms with Crippen LogP contribution in [0.25, 0.3) is 5.65 Å². The van der Waals surface area contributed by atoms with E-state index in [9.17, 15) is 0 Å². The van der Waals surface area contributed by atoms with Gasteiger partial charge in [0.2, 0.25) is 5.65 Å². The lowest BCUT2D eigenvalue weighted by Gasteiger charge is -2.34. The van der Waals surface area contributed by atoms with Crippen LogP contribution in [0.4, 0.5) is 5.82 Å². The fraction of sp³-hybridized carbons (Fsp3) is 0.643. The van der Waals surface area contributed by atoms with Crippen molar-refractivity contribution in [2.45, 2.75) is 51.0 Å². The van der Waals surface area contributed by atoms with Crippen molar-refractivity contribution in [2.24, 2.45) is 0 Å². The van der Waals surface area contributed by atoms with Crippen LogP contribution in [0.2, 0.25) is 0 Å². The molecule has 1 saturated heterocycles. The molecule has 1 aliphatic heterocycles. The van der Waals surface area contributed by atoms with E-state index in [4.69, 9.17) is 0 Å². The van der Waals surface area contributed by atoms with Crippen molar-refractivity contribution in [3.05, 3.63) is 18.2 Å². The molecule has 2 aromatic heterocycles. The summed E-state index contributed by atoms with van der Waals surface area (Å²) in [5.74, 6) is 2.74. The quantitative estimate of drug-likeness (QED) is 0.828. The zero-order chi connectivity index (χ0) is 12.8. The molecule has 1 unspecified atom stereocenters. The van der Waals surface area contributed by atoms with Crippen LogP contribution >= 0.6 is 0 Å². The molecule has 0 bridgehead atoms. The van der Waals surface area contributed by atoms with E-state index in [2.05, 4.69) is 31.4 Å². The molecule has 0 amide bonds. The van der Waals surface area contributed by atoms with E-state index in [0.717, 1.165) is 23.8 Å². The fourth-order valence-electron chi connectivity index (χ4n) is 3.07. The minimum atomic E-state index is 0.550. The highest BCUT2D eigenvalue weighted by Crippen LogP contribution is 2.39. The summed E-state index contributed by atoms with van der Waals surface area (Å²) in [7, 11) is 0. The van der Waals surface area contributed by atoms with Gasteiger partial charge in [-0.2, -0.15) is 0 Å². The summed E-state index contributed by atoms with van der Waals surface area (Å²) in [6, 6.07) is 0.550. The second kappa shape index (κ2) is 4.18. The zero-order valence-electron chi connectivity index (χ0n) is 11.3. The third-order valence-electron chi connectivity index (χ3n) is 4.35. The highest BCUT2D eigenvalue weighted by Gasteiger charge is 2.30. The van der Waals surface area contributed by atoms with E-state index in [1.807, 2.05) is 12.4 Å². The van der Waals surface area contributed by atoms with Crippen molar-refractivity contribution in [3.8, 4) is 0 Å². The summed E-state index contributed by atoms with van der Waals surface area (Å²) in [6.07, 6.45) is 10.2. The van der Waals surface area contributed by atoms with Crippen LogP contribution in [0.5, 0.6) is 0 Å². The fourth-order valence-corrected chi connectivity index (χ4v) is 3.07. The Morgan fingerprint density at radius 2 is 2.05 bits per heavy atom. The summed E-state index contributed by atoms with van der Waals surface area (Å²) in [6.45, 7) is 3.36. The van der Waals surface area contributed by atoms with Crippen molar-refractivity contribution in [1.82, 2.24) is 19.6 Å². The summed E-state index contributed by atoms with van der Waals surface area (Å²) in [4.78, 5) is 6.97. The lowest BCUT2D eigenvalue weighted by Crippen LogP contribution is -2.38. The van der Waals surface area contributed by atoms with Gasteiger partial charge in [0.1, 0.15) is 5.82 Å². The van der Waals surface area contributed by atoms with Crippen LogP contribution in [0.15, 0.2) is 12.4 Å². The standard InChI is InChI=1S/C14H19N5/c1-10-4-2-3-8-18(10)13-14-17-16-12(11-5-6-11)19(14)9-7-15-13/h7,9-11H,2-6,8H2,1H3. The maximum absolute atomic E-state index is 4.58. The maximum Gasteiger partial charge on any atom is 0.203 e. The number of aromatic nitrogens is 4. The molecule has 100 valence electrons. The first-order valence-corrected chi connectivity index (χ1v) is 7.31. The van der Waals surface area contributed by atoms with Crippen LogP contribution in [0.3, 0.4) is 0 Å². The van der Waals surface area contributed by atoms with Crippen LogP contribution < -0.4 is 4.90 Å². The third kappa shape index (κ3) is 1.79. The summed E-state index contributed by atoms with van der Waals surface area (Å²) < 4.78 is 2.14. The molecule has 5 nitrogen and oxygen atoms in total. The Bertz CT molecular complexity index is 601. The van der Waals surface area contributed by atoms with Gasteiger partial charge in [-0.25, -0.2) is 4.98 Å². The first-order valence-electron chi connectivity index (χ1n) is 7.31. The molecule has 3 heterocycles. The Kier molecular flexibility index (Phi) is 2.47. The first-order chi connectivity index (χ1) is 9.34. The van der Waals surface area contributed by atoms with Crippen LogP contribution in [-0.4, -0.2) is 32.2 Å². The SMILES string of the molecule is CC1CCCCN1c1nccn2c(C3CC3)nnc12. The van der Waals surface area contributed by atoms with Crippen LogP contribution in [0, 0.1) is 0 Å². The van der Waals surface area contributed by atoms with Gasteiger partial charge in [-0.3, -0.25) is 4.40 Å². The highest BCUT2D eigenvalue weighted by atomic mass is 15.3. The molecule has 19 heavy (non-hydrogen) atoms. The maximum atomic E-state index is 4.58. The van der Waals surface area contributed by atoms with Gasteiger partial charge in [0.15, 0.2) is 5.82 Å². The highest BCUT2D eigenvalue weighted by molar-refractivity contribution is 5.64. The van der Waals surface area contributed by atoms with Crippen molar-refractivity contribution in [3.63, 3.8) is 0 Å². The van der Waals surface area contributed by atoms with Gasteiger partial charge in [-0.1, -0.05) is 0 Å². The predicted molar refractivity (Wildman–Crippen MR) is 73.4 cm³/mol. The van der Waals surface area contributed by atoms with Crippen molar-refractivity contribution in [2.75, 3.05) is 11.4 Å². The Labute approximate surface area is 112 Å². The van der Waals surface area contributed by atoms with Gasteiger partial charge in [0, 0.05) is 30.9 Å². The van der Waals surface area contributed by atoms with E-state index in [0.29, 0.717) is 12.0 Å². The Morgan fingerprint density at radius 3 is 2.84 bits per heavy atom. The molecule has 0 N–H and O–H groups in total. The van der Waals surface area contributed by atoms with Gasteiger partial charge in [0.25, 0.3) is 0 Å². The van der Waals surface area contributed by atoms with Crippen molar-refractivity contribution in [1.29, 1.82) is 0 Å². The third-order valence-corrected chi connectivity index (χ3v) is 4.35. The number of hydrogen-bond acceptors (Lipinski definition) is 4. The number of nitrogens with zero attached hydrogens (tertiary/aromatic N) is 5. The normalized spacial score (nSPS) is 24.1. The van der Waals surface area contributed by atoms with Gasteiger partial charge in [-0.05, 0) is 39.0 Å². The Morgan fingerprint density at radius 1 is 1.16 bits per heavy atom. The number of hydrogen-bond donors (Lipinski definition) is 0. The molecule has 2 aliphatic rings. The molecule has 4 rings (SSSR count). The van der Waals surface area contributed by atoms with Gasteiger partial charge < -0.3 is 4.90 Å². The van der Waals surface area contributed by atoms with Gasteiger partial charge >= 0.3 is 0 Å². The van der Waals surface area contributed by atoms with Crippen LogP contribution in [-0.2, 0) is 0 Å². The molecule has 1 saturated carbocycles. The van der Waals surface area contributed by atoms with Gasteiger partial charge in [0.05, 0.1) is 0 Å². The Hall–Kier alpha value is -1.65. The number of fused-ring (bicyclic) bond motifs is 1. The zero-order valence-corrected chi connectivity index (χ0v) is 11.3. The molecule has 2 fully saturated rings. The summed E-state index contributed by atoms with van der Waals surface area (Å²) >= 11 is 0. The minimum Gasteiger partial charge on any atom is -0.351 e. The molecule has 1 atom stereocenters. The number of piperidine rings is 1. The molecule has 0 aromatic carbocycles. The van der Waals surface area contributed by atoms with E-state index in [-0.39, 0.29) is 0 Å². The molecular weight excluding hydrogens is 238 g/mol. The van der Waals surface area contributed by atoms with E-state index >= 15 is 0 Å². The predicted octanol–water partition coefficient (Wildman–Crippen LogP) is 2.38. The number of rotatable bonds is 2. The van der Waals surface area contributed by atoms with E-state index in [1.165, 1.54) is 32.1 Å². The van der Waals surface area contributed by atoms with Crippen molar-refractivity contribution >= 4 is 11.5 Å². The average Bonchev–Trinajstić information content (AvgIpc) is 3.18. The molecule has 5 heteroatoms. The van der Waals surface area contributed by atoms with E-state index < -0.39 is 0 Å². The lowest BCUT2D eigenvalue weighted by atomic mass is 10.0. The molecule has 2 aromatic rings. The second-order valence-corrected chi connectivity index (χ2v) is 5.82. The molecular formula is C14H19N5. The topological polar surface area (TPSA) is 46.3 Å². The second-order valence-electron chi connectivity index (χ2n) is 5.82. The smallest absolute Gasteiger partial charge is 0.203 e. The number of anilines is 1. The Balaban J connectivity index is 1.80.